The minimum absolute atomic E-state index is 0.0341. The zero-order chi connectivity index (χ0) is 26.0. The van der Waals surface area contributed by atoms with Gasteiger partial charge in [-0.2, -0.15) is 4.72 Å². The van der Waals surface area contributed by atoms with Gasteiger partial charge in [0.1, 0.15) is 17.6 Å². The summed E-state index contributed by atoms with van der Waals surface area (Å²) >= 11 is 7.33. The van der Waals surface area contributed by atoms with Crippen molar-refractivity contribution in [2.45, 2.75) is 23.9 Å². The van der Waals surface area contributed by atoms with Gasteiger partial charge in [0, 0.05) is 19.2 Å². The number of nitro benzene ring substituents is 1. The van der Waals surface area contributed by atoms with E-state index in [1.54, 1.807) is 11.0 Å². The van der Waals surface area contributed by atoms with Gasteiger partial charge in [0.2, 0.25) is 21.7 Å². The van der Waals surface area contributed by atoms with E-state index in [1.165, 1.54) is 53.8 Å². The van der Waals surface area contributed by atoms with Crippen LogP contribution in [0.2, 0.25) is 5.02 Å². The first kappa shape index (κ1) is 25.6. The van der Waals surface area contributed by atoms with Crippen molar-refractivity contribution in [2.24, 2.45) is 5.73 Å². The maximum absolute atomic E-state index is 12.9. The number of amidine groups is 1. The van der Waals surface area contributed by atoms with E-state index in [2.05, 4.69) is 4.72 Å². The number of halogens is 1. The van der Waals surface area contributed by atoms with Gasteiger partial charge in [-0.15, -0.1) is 11.3 Å². The fourth-order valence-electron chi connectivity index (χ4n) is 3.63. The number of thiophene rings is 1. The summed E-state index contributed by atoms with van der Waals surface area (Å²) in [5, 5.41) is 20.6. The first-order valence-electron chi connectivity index (χ1n) is 10.5. The molecule has 0 radical (unpaired) electrons. The zero-order valence-electron chi connectivity index (χ0n) is 18.5. The summed E-state index contributed by atoms with van der Waals surface area (Å²) in [6.45, 7) is 0.668. The minimum atomic E-state index is -4.03. The van der Waals surface area contributed by atoms with Crippen molar-refractivity contribution in [3.05, 3.63) is 79.5 Å². The second-order valence-electron chi connectivity index (χ2n) is 7.87. The highest BCUT2D eigenvalue weighted by Gasteiger charge is 2.35. The summed E-state index contributed by atoms with van der Waals surface area (Å²) in [5.74, 6) is -0.407. The molecule has 1 aromatic heterocycles. The molecule has 1 amide bonds. The van der Waals surface area contributed by atoms with E-state index in [0.29, 0.717) is 24.4 Å². The maximum atomic E-state index is 12.9. The number of amides is 1. The number of hydrogen-bond acceptors (Lipinski definition) is 8. The SMILES string of the molecule is N=C(N)c1cc(CN2CCC(NS(=O)(=O)c3ccc(Oc4c(Cl)cccc4[N+](=O)[O-])cc3)C2=O)cs1. The van der Waals surface area contributed by atoms with Gasteiger partial charge < -0.3 is 15.4 Å². The Morgan fingerprint density at radius 2 is 2.03 bits per heavy atom. The summed E-state index contributed by atoms with van der Waals surface area (Å²) < 4.78 is 33.7. The minimum Gasteiger partial charge on any atom is -0.449 e. The summed E-state index contributed by atoms with van der Waals surface area (Å²) in [5.41, 5.74) is 5.97. The van der Waals surface area contributed by atoms with E-state index in [9.17, 15) is 23.3 Å². The number of likely N-dealkylation sites (tertiary alicyclic amines) is 1. The highest BCUT2D eigenvalue weighted by molar-refractivity contribution is 7.89. The molecule has 0 spiro atoms. The van der Waals surface area contributed by atoms with Crippen LogP contribution in [0.5, 0.6) is 11.5 Å². The zero-order valence-corrected chi connectivity index (χ0v) is 20.9. The van der Waals surface area contributed by atoms with Crippen LogP contribution in [0.1, 0.15) is 16.9 Å². The lowest BCUT2D eigenvalue weighted by Gasteiger charge is -2.16. The molecule has 2 aromatic carbocycles. The molecule has 1 atom stereocenters. The standard InChI is InChI=1S/C22H20ClN5O6S2/c23-16-2-1-3-18(28(30)31)20(16)34-14-4-6-15(7-5-14)36(32,33)26-17-8-9-27(22(17)29)11-13-10-19(21(24)25)35-12-13/h1-7,10,12,17,26H,8-9,11H2,(H3,24,25). The molecule has 3 aromatic rings. The molecule has 36 heavy (non-hydrogen) atoms. The number of nitrogens with zero attached hydrogens (tertiary/aromatic N) is 2. The van der Waals surface area contributed by atoms with Crippen LogP contribution in [0, 0.1) is 15.5 Å². The van der Waals surface area contributed by atoms with Crippen molar-refractivity contribution < 1.29 is 22.9 Å². The van der Waals surface area contributed by atoms with Crippen molar-refractivity contribution in [1.29, 1.82) is 5.41 Å². The Morgan fingerprint density at radius 1 is 1.31 bits per heavy atom. The van der Waals surface area contributed by atoms with Crippen molar-refractivity contribution in [2.75, 3.05) is 6.54 Å². The first-order valence-corrected chi connectivity index (χ1v) is 13.2. The lowest BCUT2D eigenvalue weighted by atomic mass is 10.3. The van der Waals surface area contributed by atoms with Crippen LogP contribution in [-0.4, -0.2) is 42.6 Å². The first-order chi connectivity index (χ1) is 17.0. The number of carbonyl (C=O) groups is 1. The van der Waals surface area contributed by atoms with Crippen LogP contribution in [0.4, 0.5) is 5.69 Å². The van der Waals surface area contributed by atoms with Gasteiger partial charge >= 0.3 is 5.69 Å². The highest BCUT2D eigenvalue weighted by atomic mass is 35.5. The maximum Gasteiger partial charge on any atom is 0.313 e. The van der Waals surface area contributed by atoms with Gasteiger partial charge in [0.15, 0.2) is 0 Å². The van der Waals surface area contributed by atoms with E-state index < -0.39 is 21.0 Å². The molecule has 0 aliphatic carbocycles. The number of rotatable bonds is 9. The molecule has 4 rings (SSSR count). The van der Waals surface area contributed by atoms with Crippen LogP contribution in [0.25, 0.3) is 0 Å². The summed E-state index contributed by atoms with van der Waals surface area (Å²) in [7, 11) is -4.03. The quantitative estimate of drug-likeness (QED) is 0.159. The molecular weight excluding hydrogens is 530 g/mol. The summed E-state index contributed by atoms with van der Waals surface area (Å²) in [4.78, 5) is 25.4. The molecule has 1 unspecified atom stereocenters. The van der Waals surface area contributed by atoms with Crippen LogP contribution >= 0.6 is 22.9 Å². The fraction of sp³-hybridized carbons (Fsp3) is 0.182. The molecule has 1 fully saturated rings. The Hall–Kier alpha value is -3.52. The molecule has 188 valence electrons. The van der Waals surface area contributed by atoms with E-state index in [0.717, 1.165) is 5.56 Å². The average molecular weight is 550 g/mol. The van der Waals surface area contributed by atoms with Gasteiger partial charge in [0.25, 0.3) is 0 Å². The molecule has 1 aliphatic rings. The molecular formula is C22H20ClN5O6S2. The smallest absolute Gasteiger partial charge is 0.313 e. The number of nitrogens with one attached hydrogen (secondary N) is 2. The molecule has 4 N–H and O–H groups in total. The van der Waals surface area contributed by atoms with Gasteiger partial charge in [0.05, 0.1) is 19.7 Å². The number of benzene rings is 2. The fourth-order valence-corrected chi connectivity index (χ4v) is 5.83. The number of ether oxygens (including phenoxy) is 1. The number of para-hydroxylation sites is 1. The average Bonchev–Trinajstić information content (AvgIpc) is 3.43. The third-order valence-electron chi connectivity index (χ3n) is 5.38. The van der Waals surface area contributed by atoms with E-state index in [4.69, 9.17) is 27.5 Å². The molecule has 11 nitrogen and oxygen atoms in total. The lowest BCUT2D eigenvalue weighted by molar-refractivity contribution is -0.385. The van der Waals surface area contributed by atoms with Crippen molar-refractivity contribution in [3.63, 3.8) is 0 Å². The van der Waals surface area contributed by atoms with Crippen molar-refractivity contribution in [1.82, 2.24) is 9.62 Å². The second-order valence-corrected chi connectivity index (χ2v) is 10.9. The van der Waals surface area contributed by atoms with Crippen LogP contribution < -0.4 is 15.2 Å². The Balaban J connectivity index is 1.42. The summed E-state index contributed by atoms with van der Waals surface area (Å²) in [6, 6.07) is 10.1. The molecule has 0 saturated carbocycles. The number of nitrogens with two attached hydrogens (primary N) is 1. The highest BCUT2D eigenvalue weighted by Crippen LogP contribution is 2.38. The third kappa shape index (κ3) is 5.49. The Kier molecular flexibility index (Phi) is 7.26. The number of hydrogen-bond donors (Lipinski definition) is 3. The molecule has 14 heteroatoms. The Labute approximate surface area is 215 Å². The Morgan fingerprint density at radius 3 is 2.67 bits per heavy atom. The van der Waals surface area contributed by atoms with Crippen LogP contribution in [-0.2, 0) is 21.4 Å². The van der Waals surface area contributed by atoms with E-state index in [1.807, 2.05) is 5.38 Å². The number of sulfonamides is 1. The normalized spacial score (nSPS) is 15.8. The second kappa shape index (κ2) is 10.2. The van der Waals surface area contributed by atoms with E-state index >= 15 is 0 Å². The molecule has 1 saturated heterocycles. The molecule has 2 heterocycles. The van der Waals surface area contributed by atoms with Crippen molar-refractivity contribution >= 4 is 50.4 Å². The molecule has 1 aliphatic heterocycles. The van der Waals surface area contributed by atoms with E-state index in [-0.39, 0.29) is 38.8 Å². The molecule has 0 bridgehead atoms. The summed E-state index contributed by atoms with van der Waals surface area (Å²) in [6.07, 6.45) is 0.305. The predicted molar refractivity (Wildman–Crippen MR) is 134 cm³/mol. The van der Waals surface area contributed by atoms with Gasteiger partial charge in [-0.3, -0.25) is 20.3 Å². The van der Waals surface area contributed by atoms with Crippen molar-refractivity contribution in [3.8, 4) is 11.5 Å². The lowest BCUT2D eigenvalue weighted by Crippen LogP contribution is -2.41. The largest absolute Gasteiger partial charge is 0.449 e. The number of nitrogen functional groups attached to an aromatic ring is 1. The third-order valence-corrected chi connectivity index (χ3v) is 8.18. The predicted octanol–water partition coefficient (Wildman–Crippen LogP) is 3.47. The topological polar surface area (TPSA) is 169 Å². The number of nitro groups is 1. The van der Waals surface area contributed by atoms with Crippen LogP contribution in [0.15, 0.2) is 58.8 Å². The van der Waals surface area contributed by atoms with Gasteiger partial charge in [-0.1, -0.05) is 17.7 Å². The van der Waals surface area contributed by atoms with Gasteiger partial charge in [-0.05, 0) is 53.8 Å². The van der Waals surface area contributed by atoms with Crippen LogP contribution in [0.3, 0.4) is 0 Å². The van der Waals surface area contributed by atoms with Gasteiger partial charge in [-0.25, -0.2) is 8.42 Å². The number of carbonyl (C=O) groups excluding carboxylic acids is 1. The monoisotopic (exact) mass is 549 g/mol. The Bertz CT molecular complexity index is 1440.